The minimum Gasteiger partial charge on any atom is -0.477 e. The van der Waals surface area contributed by atoms with E-state index in [4.69, 9.17) is 14.2 Å². The summed E-state index contributed by atoms with van der Waals surface area (Å²) in [6.45, 7) is 9.82. The summed E-state index contributed by atoms with van der Waals surface area (Å²) >= 11 is 0. The maximum Gasteiger partial charge on any atom is 0.410 e. The first-order valence-electron chi connectivity index (χ1n) is 11.5. The molecule has 3 rings (SSSR count). The molecular weight excluding hydrogens is 396 g/mol. The fourth-order valence-corrected chi connectivity index (χ4v) is 4.00. The molecule has 2 fully saturated rings. The number of piperidine rings is 1. The first kappa shape index (κ1) is 23.4. The molecule has 1 aromatic rings. The summed E-state index contributed by atoms with van der Waals surface area (Å²) in [5, 5.41) is 0. The van der Waals surface area contributed by atoms with Gasteiger partial charge >= 0.3 is 12.1 Å². The van der Waals surface area contributed by atoms with Crippen LogP contribution in [0.15, 0.2) is 18.3 Å². The van der Waals surface area contributed by atoms with Crippen LogP contribution in [-0.2, 0) is 14.3 Å². The van der Waals surface area contributed by atoms with E-state index in [9.17, 15) is 9.59 Å². The van der Waals surface area contributed by atoms with Crippen molar-refractivity contribution in [1.29, 1.82) is 0 Å². The summed E-state index contributed by atoms with van der Waals surface area (Å²) in [6, 6.07) is 3.95. The number of esters is 1. The van der Waals surface area contributed by atoms with Gasteiger partial charge in [-0.15, -0.1) is 0 Å². The number of hydrogen-bond donors (Lipinski definition) is 0. The number of hydrogen-bond acceptors (Lipinski definition) is 6. The molecule has 0 unspecified atom stereocenters. The lowest BCUT2D eigenvalue weighted by Crippen LogP contribution is -2.42. The van der Waals surface area contributed by atoms with Crippen molar-refractivity contribution in [2.75, 3.05) is 26.3 Å². The second kappa shape index (κ2) is 10.3. The number of rotatable bonds is 8. The molecule has 0 bridgehead atoms. The van der Waals surface area contributed by atoms with E-state index in [1.165, 1.54) is 0 Å². The second-order valence-corrected chi connectivity index (χ2v) is 9.60. The lowest BCUT2D eigenvalue weighted by Gasteiger charge is -2.33. The Bertz CT molecular complexity index is 749. The molecule has 1 saturated carbocycles. The Balaban J connectivity index is 1.49. The fraction of sp³-hybridized carbons (Fsp3) is 0.708. The molecule has 1 aromatic heterocycles. The third kappa shape index (κ3) is 7.40. The summed E-state index contributed by atoms with van der Waals surface area (Å²) in [5.74, 6) is 1.54. The molecule has 2 heterocycles. The highest BCUT2D eigenvalue weighted by molar-refractivity contribution is 5.70. The molecule has 1 amide bonds. The van der Waals surface area contributed by atoms with Crippen LogP contribution in [0.5, 0.6) is 5.88 Å². The van der Waals surface area contributed by atoms with Crippen molar-refractivity contribution in [2.45, 2.75) is 71.3 Å². The van der Waals surface area contributed by atoms with Gasteiger partial charge in [0.05, 0.1) is 19.6 Å². The van der Waals surface area contributed by atoms with Crippen LogP contribution >= 0.6 is 0 Å². The average molecular weight is 433 g/mol. The molecule has 1 aliphatic heterocycles. The van der Waals surface area contributed by atoms with Crippen LogP contribution in [0.3, 0.4) is 0 Å². The maximum atomic E-state index is 12.2. The molecule has 31 heavy (non-hydrogen) atoms. The molecule has 7 nitrogen and oxygen atoms in total. The van der Waals surface area contributed by atoms with Crippen LogP contribution in [0.2, 0.25) is 0 Å². The summed E-state index contributed by atoms with van der Waals surface area (Å²) in [4.78, 5) is 30.4. The Hall–Kier alpha value is -2.31. The van der Waals surface area contributed by atoms with E-state index in [0.29, 0.717) is 50.4 Å². The Kier molecular flexibility index (Phi) is 7.79. The van der Waals surface area contributed by atoms with Crippen LogP contribution in [-0.4, -0.2) is 53.9 Å². The molecule has 0 N–H and O–H groups in total. The molecule has 0 spiro atoms. The van der Waals surface area contributed by atoms with Crippen molar-refractivity contribution in [3.05, 3.63) is 23.9 Å². The Morgan fingerprint density at radius 2 is 1.90 bits per heavy atom. The first-order valence-corrected chi connectivity index (χ1v) is 11.5. The zero-order valence-corrected chi connectivity index (χ0v) is 19.3. The number of nitrogens with zero attached hydrogens (tertiary/aromatic N) is 2. The molecule has 7 heteroatoms. The SMILES string of the molecule is CCOC(=O)C[C@H](c1ccnc(OCC2CCN(C(=O)OC(C)(C)C)CC2)c1)C1CC1. The summed E-state index contributed by atoms with van der Waals surface area (Å²) in [7, 11) is 0. The zero-order valence-electron chi connectivity index (χ0n) is 19.3. The summed E-state index contributed by atoms with van der Waals surface area (Å²) in [6.07, 6.45) is 5.99. The van der Waals surface area contributed by atoms with Crippen LogP contribution < -0.4 is 4.74 Å². The predicted molar refractivity (Wildman–Crippen MR) is 117 cm³/mol. The van der Waals surface area contributed by atoms with Gasteiger partial charge in [-0.3, -0.25) is 4.79 Å². The molecular formula is C24H36N2O5. The second-order valence-electron chi connectivity index (χ2n) is 9.60. The smallest absolute Gasteiger partial charge is 0.410 e. The van der Waals surface area contributed by atoms with Gasteiger partial charge in [-0.05, 0) is 82.8 Å². The summed E-state index contributed by atoms with van der Waals surface area (Å²) in [5.41, 5.74) is 0.625. The number of carbonyl (C=O) groups excluding carboxylic acids is 2. The lowest BCUT2D eigenvalue weighted by molar-refractivity contribution is -0.143. The van der Waals surface area contributed by atoms with Gasteiger partial charge in [0.1, 0.15) is 5.60 Å². The normalized spacial score (nSPS) is 18.4. The highest BCUT2D eigenvalue weighted by atomic mass is 16.6. The van der Waals surface area contributed by atoms with Crippen LogP contribution in [0.25, 0.3) is 0 Å². The van der Waals surface area contributed by atoms with Crippen molar-refractivity contribution in [3.63, 3.8) is 0 Å². The standard InChI is InChI=1S/C24H36N2O5/c1-5-29-22(27)15-20(18-6-7-18)19-8-11-25-21(14-19)30-16-17-9-12-26(13-10-17)23(28)31-24(2,3)4/h8,11,14,17-18,20H,5-7,9-10,12-13,15-16H2,1-4H3/t20-/m0/s1. The third-order valence-electron chi connectivity index (χ3n) is 5.80. The van der Waals surface area contributed by atoms with Gasteiger partial charge in [0.2, 0.25) is 5.88 Å². The minimum atomic E-state index is -0.473. The highest BCUT2D eigenvalue weighted by Gasteiger charge is 2.34. The Labute approximate surface area is 185 Å². The van der Waals surface area contributed by atoms with Crippen LogP contribution in [0.1, 0.15) is 71.3 Å². The molecule has 1 saturated heterocycles. The van der Waals surface area contributed by atoms with Gasteiger partial charge in [0, 0.05) is 25.4 Å². The fourth-order valence-electron chi connectivity index (χ4n) is 4.00. The van der Waals surface area contributed by atoms with Gasteiger partial charge < -0.3 is 19.1 Å². The van der Waals surface area contributed by atoms with E-state index in [1.807, 2.05) is 39.8 Å². The van der Waals surface area contributed by atoms with Crippen molar-refractivity contribution in [2.24, 2.45) is 11.8 Å². The van der Waals surface area contributed by atoms with Crippen LogP contribution in [0.4, 0.5) is 4.79 Å². The van der Waals surface area contributed by atoms with Gasteiger partial charge in [-0.25, -0.2) is 9.78 Å². The predicted octanol–water partition coefficient (Wildman–Crippen LogP) is 4.55. The summed E-state index contributed by atoms with van der Waals surface area (Å²) < 4.78 is 16.6. The molecule has 1 aliphatic carbocycles. The number of pyridine rings is 1. The van der Waals surface area contributed by atoms with Crippen molar-refractivity contribution >= 4 is 12.1 Å². The van der Waals surface area contributed by atoms with E-state index in [2.05, 4.69) is 4.98 Å². The minimum absolute atomic E-state index is 0.143. The van der Waals surface area contributed by atoms with E-state index < -0.39 is 5.60 Å². The highest BCUT2D eigenvalue weighted by Crippen LogP contribution is 2.45. The van der Waals surface area contributed by atoms with Gasteiger partial charge in [-0.1, -0.05) is 0 Å². The van der Waals surface area contributed by atoms with Crippen LogP contribution in [0, 0.1) is 11.8 Å². The number of aromatic nitrogens is 1. The molecule has 172 valence electrons. The van der Waals surface area contributed by atoms with Crippen molar-refractivity contribution in [3.8, 4) is 5.88 Å². The topological polar surface area (TPSA) is 78.0 Å². The number of likely N-dealkylation sites (tertiary alicyclic amines) is 1. The average Bonchev–Trinajstić information content (AvgIpc) is 3.55. The molecule has 1 atom stereocenters. The van der Waals surface area contributed by atoms with E-state index in [0.717, 1.165) is 31.2 Å². The quantitative estimate of drug-likeness (QED) is 0.561. The van der Waals surface area contributed by atoms with Gasteiger partial charge in [0.25, 0.3) is 0 Å². The Morgan fingerprint density at radius 1 is 1.19 bits per heavy atom. The third-order valence-corrected chi connectivity index (χ3v) is 5.80. The lowest BCUT2D eigenvalue weighted by atomic mass is 9.92. The largest absolute Gasteiger partial charge is 0.477 e. The zero-order chi connectivity index (χ0) is 22.4. The van der Waals surface area contributed by atoms with E-state index in [1.54, 1.807) is 11.1 Å². The molecule has 0 aromatic carbocycles. The molecule has 0 radical (unpaired) electrons. The number of carbonyl (C=O) groups is 2. The van der Waals surface area contributed by atoms with E-state index >= 15 is 0 Å². The maximum absolute atomic E-state index is 12.2. The van der Waals surface area contributed by atoms with E-state index in [-0.39, 0.29) is 18.0 Å². The van der Waals surface area contributed by atoms with Gasteiger partial charge in [0.15, 0.2) is 0 Å². The number of amides is 1. The number of ether oxygens (including phenoxy) is 3. The first-order chi connectivity index (χ1) is 14.7. The monoisotopic (exact) mass is 432 g/mol. The van der Waals surface area contributed by atoms with Crippen molar-refractivity contribution in [1.82, 2.24) is 9.88 Å². The Morgan fingerprint density at radius 3 is 2.52 bits per heavy atom. The molecule has 2 aliphatic rings. The van der Waals surface area contributed by atoms with Crippen molar-refractivity contribution < 1.29 is 23.8 Å². The van der Waals surface area contributed by atoms with Gasteiger partial charge in [-0.2, -0.15) is 0 Å².